The molecule has 2 aromatic rings. The molecule has 2 fully saturated rings. The lowest BCUT2D eigenvalue weighted by Gasteiger charge is -2.26. The second-order valence-corrected chi connectivity index (χ2v) is 9.56. The minimum absolute atomic E-state index is 0.0835. The van der Waals surface area contributed by atoms with Crippen LogP contribution in [0.1, 0.15) is 59.2 Å². The number of likely N-dealkylation sites (tertiary alicyclic amines) is 1. The van der Waals surface area contributed by atoms with E-state index in [1.807, 2.05) is 50.1 Å². The third-order valence-corrected chi connectivity index (χ3v) is 6.43. The quantitative estimate of drug-likeness (QED) is 0.691. The molecule has 7 heteroatoms. The van der Waals surface area contributed by atoms with Gasteiger partial charge in [0.05, 0.1) is 11.7 Å². The predicted octanol–water partition coefficient (Wildman–Crippen LogP) is 3.49. The lowest BCUT2D eigenvalue weighted by molar-refractivity contribution is 0.0729. The van der Waals surface area contributed by atoms with Crippen LogP contribution >= 0.6 is 0 Å². The van der Waals surface area contributed by atoms with Crippen LogP contribution in [0.5, 0.6) is 0 Å². The van der Waals surface area contributed by atoms with Crippen LogP contribution < -0.4 is 9.80 Å². The Kier molecular flexibility index (Phi) is 6.65. The Bertz CT molecular complexity index is 967. The van der Waals surface area contributed by atoms with Crippen molar-refractivity contribution >= 4 is 17.4 Å². The van der Waals surface area contributed by atoms with E-state index in [0.29, 0.717) is 0 Å². The third-order valence-electron chi connectivity index (χ3n) is 6.43. The molecule has 0 radical (unpaired) electrons. The highest BCUT2D eigenvalue weighted by Gasteiger charge is 2.33. The van der Waals surface area contributed by atoms with Crippen LogP contribution in [-0.4, -0.2) is 73.5 Å². The number of hydrogen-bond acceptors (Lipinski definition) is 6. The minimum atomic E-state index is -0.0835. The van der Waals surface area contributed by atoms with Crippen molar-refractivity contribution in [3.05, 3.63) is 46.9 Å². The van der Waals surface area contributed by atoms with Crippen molar-refractivity contribution in [2.75, 3.05) is 57.6 Å². The van der Waals surface area contributed by atoms with Crippen molar-refractivity contribution in [3.63, 3.8) is 0 Å². The summed E-state index contributed by atoms with van der Waals surface area (Å²) in [5.74, 6) is 1.73. The van der Waals surface area contributed by atoms with Gasteiger partial charge in [0.2, 0.25) is 0 Å². The Labute approximate surface area is 192 Å². The average molecular weight is 437 g/mol. The van der Waals surface area contributed by atoms with E-state index in [1.54, 1.807) is 0 Å². The Morgan fingerprint density at radius 2 is 1.78 bits per heavy atom. The molecule has 0 aliphatic carbocycles. The molecular weight excluding hydrogens is 400 g/mol. The minimum Gasteiger partial charge on any atom is -0.371 e. The zero-order chi connectivity index (χ0) is 22.8. The first-order valence-corrected chi connectivity index (χ1v) is 11.7. The maximum Gasteiger partial charge on any atom is 0.254 e. The van der Waals surface area contributed by atoms with Gasteiger partial charge in [0.25, 0.3) is 5.91 Å². The van der Waals surface area contributed by atoms with Gasteiger partial charge in [-0.1, -0.05) is 6.07 Å². The van der Waals surface area contributed by atoms with Crippen molar-refractivity contribution in [1.82, 2.24) is 19.8 Å². The zero-order valence-electron chi connectivity index (χ0n) is 20.1. The first-order chi connectivity index (χ1) is 15.3. The normalized spacial score (nSPS) is 18.6. The lowest BCUT2D eigenvalue weighted by atomic mass is 10.1. The van der Waals surface area contributed by atoms with Gasteiger partial charge in [-0.2, -0.15) is 0 Å². The molecule has 0 N–H and O–H groups in total. The smallest absolute Gasteiger partial charge is 0.254 e. The fourth-order valence-corrected chi connectivity index (χ4v) is 4.77. The van der Waals surface area contributed by atoms with Crippen LogP contribution in [0.2, 0.25) is 0 Å². The summed E-state index contributed by atoms with van der Waals surface area (Å²) < 4.78 is 0. The summed E-state index contributed by atoms with van der Waals surface area (Å²) in [5, 5.41) is 0. The number of aryl methyl sites for hydroxylation is 1. The fraction of sp³-hybridized carbons (Fsp3) is 0.560. The Morgan fingerprint density at radius 1 is 1.03 bits per heavy atom. The molecule has 2 aliphatic rings. The van der Waals surface area contributed by atoms with Gasteiger partial charge in [-0.25, -0.2) is 9.97 Å². The van der Waals surface area contributed by atoms with E-state index in [2.05, 4.69) is 28.9 Å². The molecule has 1 aromatic carbocycles. The first kappa shape index (κ1) is 22.5. The lowest BCUT2D eigenvalue weighted by Crippen LogP contribution is -2.32. The molecule has 32 heavy (non-hydrogen) atoms. The van der Waals surface area contributed by atoms with Gasteiger partial charge in [0, 0.05) is 57.6 Å². The molecule has 1 atom stereocenters. The van der Waals surface area contributed by atoms with E-state index in [4.69, 9.17) is 9.97 Å². The number of carbonyl (C=O) groups excluding carboxylic acids is 1. The van der Waals surface area contributed by atoms with Crippen molar-refractivity contribution in [1.29, 1.82) is 0 Å². The number of anilines is 2. The molecule has 0 spiro atoms. The number of hydrogen-bond donors (Lipinski definition) is 0. The topological polar surface area (TPSA) is 55.8 Å². The number of benzene rings is 1. The number of amides is 1. The number of carbonyl (C=O) groups is 1. The summed E-state index contributed by atoms with van der Waals surface area (Å²) in [7, 11) is 8.07. The SMILES string of the molecule is Cc1ccc(C(=O)N2CCC[C@@H]2c2nc(CN(C)C)cc(N(C)C)n2)cc1N1CCCC1. The zero-order valence-corrected chi connectivity index (χ0v) is 20.1. The highest BCUT2D eigenvalue weighted by Crippen LogP contribution is 2.33. The molecule has 172 valence electrons. The van der Waals surface area contributed by atoms with Gasteiger partial charge < -0.3 is 19.6 Å². The van der Waals surface area contributed by atoms with E-state index in [-0.39, 0.29) is 11.9 Å². The Morgan fingerprint density at radius 3 is 2.47 bits per heavy atom. The monoisotopic (exact) mass is 436 g/mol. The number of rotatable bonds is 6. The van der Waals surface area contributed by atoms with Gasteiger partial charge in [0.15, 0.2) is 5.82 Å². The van der Waals surface area contributed by atoms with Crippen molar-refractivity contribution in [3.8, 4) is 0 Å². The summed E-state index contributed by atoms with van der Waals surface area (Å²) >= 11 is 0. The second kappa shape index (κ2) is 9.45. The molecule has 3 heterocycles. The molecule has 7 nitrogen and oxygen atoms in total. The van der Waals surface area contributed by atoms with Crippen LogP contribution in [0.15, 0.2) is 24.3 Å². The fourth-order valence-electron chi connectivity index (χ4n) is 4.77. The van der Waals surface area contributed by atoms with Gasteiger partial charge in [-0.3, -0.25) is 4.79 Å². The maximum atomic E-state index is 13.6. The van der Waals surface area contributed by atoms with Gasteiger partial charge in [-0.15, -0.1) is 0 Å². The molecule has 0 saturated carbocycles. The van der Waals surface area contributed by atoms with Crippen LogP contribution in [0.4, 0.5) is 11.5 Å². The summed E-state index contributed by atoms with van der Waals surface area (Å²) in [6.07, 6.45) is 4.32. The van der Waals surface area contributed by atoms with E-state index < -0.39 is 0 Å². The van der Waals surface area contributed by atoms with Gasteiger partial charge in [-0.05, 0) is 64.4 Å². The van der Waals surface area contributed by atoms with Crippen LogP contribution in [0.25, 0.3) is 0 Å². The van der Waals surface area contributed by atoms with Crippen LogP contribution in [0.3, 0.4) is 0 Å². The standard InChI is InChI=1S/C25H36N6O/c1-18-10-11-19(15-22(18)30-12-6-7-13-30)25(32)31-14-8-9-21(31)24-26-20(17-28(2)3)16-23(27-24)29(4)5/h10-11,15-16,21H,6-9,12-14,17H2,1-5H3/t21-/m1/s1. The predicted molar refractivity (Wildman–Crippen MR) is 129 cm³/mol. The molecule has 4 rings (SSSR count). The van der Waals surface area contributed by atoms with Crippen LogP contribution in [-0.2, 0) is 6.54 Å². The molecule has 2 saturated heterocycles. The van der Waals surface area contributed by atoms with Crippen molar-refractivity contribution in [2.45, 2.75) is 45.2 Å². The van der Waals surface area contributed by atoms with Crippen molar-refractivity contribution < 1.29 is 4.79 Å². The Hall–Kier alpha value is -2.67. The summed E-state index contributed by atoms with van der Waals surface area (Å²) in [6.45, 7) is 5.77. The second-order valence-electron chi connectivity index (χ2n) is 9.56. The van der Waals surface area contributed by atoms with E-state index in [1.165, 1.54) is 24.1 Å². The maximum absolute atomic E-state index is 13.6. The van der Waals surface area contributed by atoms with Crippen molar-refractivity contribution in [2.24, 2.45) is 0 Å². The number of aromatic nitrogens is 2. The number of nitrogens with zero attached hydrogens (tertiary/aromatic N) is 6. The van der Waals surface area contributed by atoms with Gasteiger partial charge >= 0.3 is 0 Å². The molecule has 1 aromatic heterocycles. The van der Waals surface area contributed by atoms with E-state index >= 15 is 0 Å². The van der Waals surface area contributed by atoms with Gasteiger partial charge in [0.1, 0.15) is 5.82 Å². The average Bonchev–Trinajstić information content (AvgIpc) is 3.45. The largest absolute Gasteiger partial charge is 0.371 e. The molecule has 0 unspecified atom stereocenters. The first-order valence-electron chi connectivity index (χ1n) is 11.7. The highest BCUT2D eigenvalue weighted by molar-refractivity contribution is 5.96. The Balaban J connectivity index is 1.63. The summed E-state index contributed by atoms with van der Waals surface area (Å²) in [4.78, 5) is 31.8. The van der Waals surface area contributed by atoms with Crippen LogP contribution in [0, 0.1) is 6.92 Å². The molecule has 0 bridgehead atoms. The third kappa shape index (κ3) is 4.72. The molecule has 2 aliphatic heterocycles. The molecule has 1 amide bonds. The van der Waals surface area contributed by atoms with E-state index in [0.717, 1.165) is 61.9 Å². The van der Waals surface area contributed by atoms with E-state index in [9.17, 15) is 4.79 Å². The molecular formula is C25H36N6O. The summed E-state index contributed by atoms with van der Waals surface area (Å²) in [6, 6.07) is 8.10. The summed E-state index contributed by atoms with van der Waals surface area (Å²) in [5.41, 5.74) is 4.18. The highest BCUT2D eigenvalue weighted by atomic mass is 16.2.